The summed E-state index contributed by atoms with van der Waals surface area (Å²) in [6.45, 7) is 0. The van der Waals surface area contributed by atoms with Gasteiger partial charge in [0.2, 0.25) is 0 Å². The highest BCUT2D eigenvalue weighted by Gasteiger charge is 2.46. The van der Waals surface area contributed by atoms with Gasteiger partial charge in [-0.1, -0.05) is 37.5 Å². The van der Waals surface area contributed by atoms with Gasteiger partial charge in [-0.05, 0) is 30.9 Å². The monoisotopic (exact) mass is 305 g/mol. The number of esters is 1. The van der Waals surface area contributed by atoms with Crippen LogP contribution in [-0.4, -0.2) is 24.9 Å². The summed E-state index contributed by atoms with van der Waals surface area (Å²) in [6, 6.07) is 8.67. The van der Waals surface area contributed by atoms with E-state index in [0.29, 0.717) is 6.04 Å². The van der Waals surface area contributed by atoms with Crippen LogP contribution < -0.4 is 5.32 Å². The van der Waals surface area contributed by atoms with E-state index in [1.54, 1.807) is 0 Å². The van der Waals surface area contributed by atoms with Gasteiger partial charge >= 0.3 is 5.97 Å². The predicted octanol–water partition coefficient (Wildman–Crippen LogP) is 3.47. The van der Waals surface area contributed by atoms with Gasteiger partial charge in [0.1, 0.15) is 5.54 Å². The average molecular weight is 305 g/mol. The van der Waals surface area contributed by atoms with Crippen molar-refractivity contribution < 1.29 is 9.53 Å². The van der Waals surface area contributed by atoms with Crippen molar-refractivity contribution in [3.05, 3.63) is 29.8 Å². The minimum absolute atomic E-state index is 0.138. The van der Waals surface area contributed by atoms with Crippen molar-refractivity contribution >= 4 is 17.7 Å². The fourth-order valence-electron chi connectivity index (χ4n) is 3.58. The number of nitrogens with one attached hydrogen (secondary N) is 1. The first-order valence-corrected chi connectivity index (χ1v) is 8.83. The Labute approximate surface area is 130 Å². The van der Waals surface area contributed by atoms with Gasteiger partial charge in [0.25, 0.3) is 0 Å². The van der Waals surface area contributed by atoms with Crippen molar-refractivity contribution in [1.82, 2.24) is 5.32 Å². The molecule has 1 aliphatic carbocycles. The largest absolute Gasteiger partial charge is 0.467 e. The number of methoxy groups -OCH3 is 1. The number of fused-ring (bicyclic) bond motifs is 1. The lowest BCUT2D eigenvalue weighted by atomic mass is 9.83. The summed E-state index contributed by atoms with van der Waals surface area (Å²) in [4.78, 5) is 13.8. The van der Waals surface area contributed by atoms with E-state index >= 15 is 0 Å². The number of ether oxygens (including phenoxy) is 1. The summed E-state index contributed by atoms with van der Waals surface area (Å²) in [5, 5.41) is 3.69. The number of hydrogen-bond donors (Lipinski definition) is 1. The van der Waals surface area contributed by atoms with Gasteiger partial charge < -0.3 is 4.74 Å². The fraction of sp³-hybridized carbons (Fsp3) is 0.588. The SMILES string of the molecule is COC(=O)C1(NC2CCCCC2)CCSc2ccccc21. The van der Waals surface area contributed by atoms with Crippen molar-refractivity contribution in [2.45, 2.75) is 55.0 Å². The zero-order valence-corrected chi connectivity index (χ0v) is 13.4. The maximum Gasteiger partial charge on any atom is 0.330 e. The lowest BCUT2D eigenvalue weighted by Gasteiger charge is -2.40. The van der Waals surface area contributed by atoms with Crippen LogP contribution in [0.25, 0.3) is 0 Å². The van der Waals surface area contributed by atoms with Gasteiger partial charge in [0.05, 0.1) is 7.11 Å². The molecule has 0 aromatic heterocycles. The van der Waals surface area contributed by atoms with Crippen LogP contribution in [0.15, 0.2) is 29.2 Å². The Morgan fingerprint density at radius 3 is 2.81 bits per heavy atom. The molecular weight excluding hydrogens is 282 g/mol. The van der Waals surface area contributed by atoms with Crippen LogP contribution in [0.5, 0.6) is 0 Å². The van der Waals surface area contributed by atoms with E-state index in [4.69, 9.17) is 4.74 Å². The van der Waals surface area contributed by atoms with E-state index in [1.807, 2.05) is 23.9 Å². The number of carbonyl (C=O) groups is 1. The summed E-state index contributed by atoms with van der Waals surface area (Å²) in [6.07, 6.45) is 6.95. The van der Waals surface area contributed by atoms with E-state index in [1.165, 1.54) is 31.3 Å². The molecule has 114 valence electrons. The topological polar surface area (TPSA) is 38.3 Å². The zero-order chi connectivity index (χ0) is 14.7. The molecule has 0 bridgehead atoms. The Bertz CT molecular complexity index is 513. The highest BCUT2D eigenvalue weighted by molar-refractivity contribution is 7.99. The third-order valence-electron chi connectivity index (χ3n) is 4.67. The molecule has 1 aromatic carbocycles. The zero-order valence-electron chi connectivity index (χ0n) is 12.6. The highest BCUT2D eigenvalue weighted by atomic mass is 32.2. The summed E-state index contributed by atoms with van der Waals surface area (Å²) in [7, 11) is 1.50. The second-order valence-corrected chi connectivity index (χ2v) is 7.11. The number of carbonyl (C=O) groups excluding carboxylic acids is 1. The molecule has 4 heteroatoms. The van der Waals surface area contributed by atoms with Gasteiger partial charge in [0, 0.05) is 16.7 Å². The van der Waals surface area contributed by atoms with Crippen LogP contribution in [0.2, 0.25) is 0 Å². The molecule has 1 heterocycles. The van der Waals surface area contributed by atoms with E-state index in [2.05, 4.69) is 17.4 Å². The third kappa shape index (κ3) is 2.84. The molecule has 0 amide bonds. The minimum atomic E-state index is -0.654. The summed E-state index contributed by atoms with van der Waals surface area (Å²) >= 11 is 1.83. The molecule has 0 saturated heterocycles. The second kappa shape index (κ2) is 6.41. The molecular formula is C17H23NO2S. The highest BCUT2D eigenvalue weighted by Crippen LogP contribution is 2.42. The van der Waals surface area contributed by atoms with Crippen molar-refractivity contribution in [3.63, 3.8) is 0 Å². The van der Waals surface area contributed by atoms with Crippen LogP contribution in [0, 0.1) is 0 Å². The Hall–Kier alpha value is -1.00. The quantitative estimate of drug-likeness (QED) is 0.868. The predicted molar refractivity (Wildman–Crippen MR) is 85.5 cm³/mol. The van der Waals surface area contributed by atoms with Crippen LogP contribution in [0.1, 0.15) is 44.1 Å². The summed E-state index contributed by atoms with van der Waals surface area (Å²) in [5.41, 5.74) is 0.442. The number of thioether (sulfide) groups is 1. The molecule has 3 nitrogen and oxygen atoms in total. The molecule has 1 aliphatic heterocycles. The molecule has 1 unspecified atom stereocenters. The standard InChI is InChI=1S/C17H23NO2S/c1-20-16(19)17(18-13-7-3-2-4-8-13)11-12-21-15-10-6-5-9-14(15)17/h5-6,9-10,13,18H,2-4,7-8,11-12H2,1H3. The summed E-state index contributed by atoms with van der Waals surface area (Å²) in [5.74, 6) is 0.812. The van der Waals surface area contributed by atoms with Crippen molar-refractivity contribution in [1.29, 1.82) is 0 Å². The average Bonchev–Trinajstić information content (AvgIpc) is 2.55. The molecule has 1 N–H and O–H groups in total. The minimum Gasteiger partial charge on any atom is -0.467 e. The van der Waals surface area contributed by atoms with Gasteiger partial charge in [-0.2, -0.15) is 0 Å². The van der Waals surface area contributed by atoms with E-state index < -0.39 is 5.54 Å². The first kappa shape index (κ1) is 14.9. The van der Waals surface area contributed by atoms with E-state index in [9.17, 15) is 4.79 Å². The van der Waals surface area contributed by atoms with Crippen molar-refractivity contribution in [3.8, 4) is 0 Å². The summed E-state index contributed by atoms with van der Waals surface area (Å²) < 4.78 is 5.18. The van der Waals surface area contributed by atoms with Crippen molar-refractivity contribution in [2.24, 2.45) is 0 Å². The van der Waals surface area contributed by atoms with Gasteiger partial charge in [-0.15, -0.1) is 11.8 Å². The number of rotatable bonds is 3. The van der Waals surface area contributed by atoms with Gasteiger partial charge in [-0.25, -0.2) is 4.79 Å². The lowest BCUT2D eigenvalue weighted by molar-refractivity contribution is -0.150. The maximum absolute atomic E-state index is 12.6. The Kier molecular flexibility index (Phi) is 4.55. The van der Waals surface area contributed by atoms with Gasteiger partial charge in [0.15, 0.2) is 0 Å². The number of benzene rings is 1. The fourth-order valence-corrected chi connectivity index (χ4v) is 4.79. The van der Waals surface area contributed by atoms with E-state index in [0.717, 1.165) is 30.6 Å². The Morgan fingerprint density at radius 1 is 1.29 bits per heavy atom. The molecule has 2 aliphatic rings. The molecule has 21 heavy (non-hydrogen) atoms. The molecule has 3 rings (SSSR count). The molecule has 0 radical (unpaired) electrons. The second-order valence-electron chi connectivity index (χ2n) is 5.97. The molecule has 0 spiro atoms. The molecule has 1 fully saturated rings. The normalized spacial score (nSPS) is 26.1. The first-order chi connectivity index (χ1) is 10.3. The number of hydrogen-bond acceptors (Lipinski definition) is 4. The van der Waals surface area contributed by atoms with Crippen molar-refractivity contribution in [2.75, 3.05) is 12.9 Å². The molecule has 1 atom stereocenters. The van der Waals surface area contributed by atoms with Crippen LogP contribution >= 0.6 is 11.8 Å². The molecule has 1 aromatic rings. The lowest BCUT2D eigenvalue weighted by Crippen LogP contribution is -2.55. The van der Waals surface area contributed by atoms with Crippen LogP contribution in [-0.2, 0) is 15.1 Å². The first-order valence-electron chi connectivity index (χ1n) is 7.85. The maximum atomic E-state index is 12.6. The van der Waals surface area contributed by atoms with Crippen LogP contribution in [0.4, 0.5) is 0 Å². The Balaban J connectivity index is 1.96. The van der Waals surface area contributed by atoms with Crippen LogP contribution in [0.3, 0.4) is 0 Å². The molecule has 1 saturated carbocycles. The Morgan fingerprint density at radius 2 is 2.05 bits per heavy atom. The van der Waals surface area contributed by atoms with E-state index in [-0.39, 0.29) is 5.97 Å². The smallest absolute Gasteiger partial charge is 0.330 e. The third-order valence-corrected chi connectivity index (χ3v) is 5.75. The van der Waals surface area contributed by atoms with Gasteiger partial charge in [-0.3, -0.25) is 5.32 Å².